The van der Waals surface area contributed by atoms with Crippen molar-refractivity contribution < 1.29 is 24.2 Å². The maximum absolute atomic E-state index is 13.0. The summed E-state index contributed by atoms with van der Waals surface area (Å²) in [4.78, 5) is 26.4. The number of rotatable bonds is 8. The number of imide groups is 1. The first-order valence-electron chi connectivity index (χ1n) is 9.43. The van der Waals surface area contributed by atoms with Gasteiger partial charge in [-0.1, -0.05) is 24.3 Å². The molecule has 0 saturated carbocycles. The summed E-state index contributed by atoms with van der Waals surface area (Å²) in [6.45, 7) is 1.33. The van der Waals surface area contributed by atoms with Crippen molar-refractivity contribution in [2.45, 2.75) is 25.0 Å². The predicted octanol–water partition coefficient (Wildman–Crippen LogP) is 1.97. The van der Waals surface area contributed by atoms with Crippen molar-refractivity contribution >= 4 is 11.9 Å². The number of β-amino-alcohol motifs (C(OH)–C–C–N with tert-alkyl or cyclic N) is 1. The van der Waals surface area contributed by atoms with Crippen molar-refractivity contribution in [2.24, 2.45) is 0 Å². The van der Waals surface area contributed by atoms with E-state index in [0.717, 1.165) is 10.5 Å². The Morgan fingerprint density at radius 1 is 1.20 bits per heavy atom. The van der Waals surface area contributed by atoms with Gasteiger partial charge >= 0.3 is 6.03 Å². The predicted molar refractivity (Wildman–Crippen MR) is 108 cm³/mol. The maximum atomic E-state index is 13.0. The van der Waals surface area contributed by atoms with E-state index in [-0.39, 0.29) is 13.2 Å². The molecule has 2 atom stereocenters. The van der Waals surface area contributed by atoms with Crippen LogP contribution >= 0.6 is 0 Å². The number of amides is 3. The third-order valence-electron chi connectivity index (χ3n) is 4.96. The van der Waals surface area contributed by atoms with Gasteiger partial charge in [-0.2, -0.15) is 5.26 Å². The van der Waals surface area contributed by atoms with Crippen LogP contribution in [0.5, 0.6) is 11.5 Å². The fraction of sp³-hybridized carbons (Fsp3) is 0.318. The first kappa shape index (κ1) is 21.1. The molecule has 3 amide bonds. The van der Waals surface area contributed by atoms with E-state index in [1.165, 1.54) is 7.11 Å². The molecule has 2 aromatic rings. The minimum absolute atomic E-state index is 0.0927. The molecule has 8 heteroatoms. The van der Waals surface area contributed by atoms with Crippen molar-refractivity contribution in [3.63, 3.8) is 0 Å². The van der Waals surface area contributed by atoms with Crippen molar-refractivity contribution in [3.8, 4) is 17.6 Å². The zero-order valence-electron chi connectivity index (χ0n) is 16.8. The number of ether oxygens (including phenoxy) is 2. The quantitative estimate of drug-likeness (QED) is 0.645. The highest BCUT2D eigenvalue weighted by molar-refractivity contribution is 6.07. The lowest BCUT2D eigenvalue weighted by atomic mass is 9.92. The highest BCUT2D eigenvalue weighted by Crippen LogP contribution is 2.31. The van der Waals surface area contributed by atoms with Gasteiger partial charge in [0.15, 0.2) is 0 Å². The first-order chi connectivity index (χ1) is 14.4. The number of urea groups is 1. The van der Waals surface area contributed by atoms with Crippen molar-refractivity contribution in [2.75, 3.05) is 20.3 Å². The number of nitriles is 1. The fourth-order valence-electron chi connectivity index (χ4n) is 3.24. The van der Waals surface area contributed by atoms with Crippen LogP contribution in [0.15, 0.2) is 48.5 Å². The molecule has 0 bridgehead atoms. The second-order valence-electron chi connectivity index (χ2n) is 7.15. The van der Waals surface area contributed by atoms with Crippen LogP contribution in [-0.4, -0.2) is 48.3 Å². The molecule has 30 heavy (non-hydrogen) atoms. The van der Waals surface area contributed by atoms with Gasteiger partial charge in [-0.25, -0.2) is 4.79 Å². The van der Waals surface area contributed by atoms with Gasteiger partial charge in [-0.05, 0) is 42.3 Å². The highest BCUT2D eigenvalue weighted by Gasteiger charge is 2.49. The van der Waals surface area contributed by atoms with E-state index < -0.39 is 23.6 Å². The Morgan fingerprint density at radius 3 is 2.60 bits per heavy atom. The number of carbonyl (C=O) groups excluding carboxylic acids is 2. The summed E-state index contributed by atoms with van der Waals surface area (Å²) in [6, 6.07) is 15.3. The van der Waals surface area contributed by atoms with E-state index in [1.54, 1.807) is 55.5 Å². The van der Waals surface area contributed by atoms with Crippen LogP contribution in [0.1, 0.15) is 18.1 Å². The molecule has 3 rings (SSSR count). The molecule has 1 fully saturated rings. The lowest BCUT2D eigenvalue weighted by Gasteiger charge is -2.23. The molecule has 1 aliphatic heterocycles. The number of nitrogens with zero attached hydrogens (tertiary/aromatic N) is 2. The zero-order valence-corrected chi connectivity index (χ0v) is 16.8. The minimum Gasteiger partial charge on any atom is -0.497 e. The summed E-state index contributed by atoms with van der Waals surface area (Å²) < 4.78 is 10.7. The van der Waals surface area contributed by atoms with Crippen LogP contribution in [0.4, 0.5) is 4.79 Å². The van der Waals surface area contributed by atoms with Gasteiger partial charge in [0.25, 0.3) is 5.91 Å². The Kier molecular flexibility index (Phi) is 6.23. The SMILES string of the molecule is COc1cccc(C2(C)NC(=O)N(CC(O)COc3ccc(CC#N)cc3)C2=O)c1. The average Bonchev–Trinajstić information content (AvgIpc) is 2.97. The Hall–Kier alpha value is -3.57. The normalized spacial score (nSPS) is 19.2. The Labute approximate surface area is 174 Å². The molecule has 2 unspecified atom stereocenters. The van der Waals surface area contributed by atoms with Gasteiger partial charge in [-0.3, -0.25) is 9.69 Å². The van der Waals surface area contributed by atoms with Crippen molar-refractivity contribution in [1.29, 1.82) is 5.26 Å². The summed E-state index contributed by atoms with van der Waals surface area (Å²) in [7, 11) is 1.52. The van der Waals surface area contributed by atoms with Gasteiger partial charge < -0.3 is 19.9 Å². The Morgan fingerprint density at radius 2 is 1.93 bits per heavy atom. The van der Waals surface area contributed by atoms with Crippen LogP contribution < -0.4 is 14.8 Å². The molecule has 1 heterocycles. The third-order valence-corrected chi connectivity index (χ3v) is 4.96. The number of methoxy groups -OCH3 is 1. The molecular weight excluding hydrogens is 386 g/mol. The highest BCUT2D eigenvalue weighted by atomic mass is 16.5. The minimum atomic E-state index is -1.25. The Balaban J connectivity index is 1.62. The van der Waals surface area contributed by atoms with E-state index in [9.17, 15) is 14.7 Å². The van der Waals surface area contributed by atoms with E-state index in [2.05, 4.69) is 11.4 Å². The van der Waals surface area contributed by atoms with E-state index in [1.807, 2.05) is 0 Å². The molecule has 2 N–H and O–H groups in total. The summed E-state index contributed by atoms with van der Waals surface area (Å²) in [6.07, 6.45) is -0.757. The van der Waals surface area contributed by atoms with Crippen LogP contribution in [0, 0.1) is 11.3 Å². The van der Waals surface area contributed by atoms with E-state index >= 15 is 0 Å². The topological polar surface area (TPSA) is 112 Å². The van der Waals surface area contributed by atoms with Crippen molar-refractivity contribution in [1.82, 2.24) is 10.2 Å². The van der Waals surface area contributed by atoms with Crippen LogP contribution in [0.25, 0.3) is 0 Å². The number of hydrogen-bond donors (Lipinski definition) is 2. The molecule has 156 valence electrons. The zero-order chi connectivity index (χ0) is 21.7. The molecule has 0 aromatic heterocycles. The first-order valence-corrected chi connectivity index (χ1v) is 9.43. The number of aliphatic hydroxyl groups excluding tert-OH is 1. The number of carbonyl (C=O) groups is 2. The van der Waals surface area contributed by atoms with Gasteiger partial charge in [0, 0.05) is 0 Å². The molecule has 1 aliphatic rings. The summed E-state index contributed by atoms with van der Waals surface area (Å²) in [5.74, 6) is 0.637. The van der Waals surface area contributed by atoms with Gasteiger partial charge in [0.1, 0.15) is 29.7 Å². The summed E-state index contributed by atoms with van der Waals surface area (Å²) in [5, 5.41) is 21.7. The monoisotopic (exact) mass is 409 g/mol. The number of nitrogens with one attached hydrogen (secondary N) is 1. The third kappa shape index (κ3) is 4.36. The van der Waals surface area contributed by atoms with E-state index in [0.29, 0.717) is 23.5 Å². The molecule has 1 saturated heterocycles. The van der Waals surface area contributed by atoms with Crippen LogP contribution in [-0.2, 0) is 16.8 Å². The molecule has 0 aliphatic carbocycles. The smallest absolute Gasteiger partial charge is 0.325 e. The molecule has 8 nitrogen and oxygen atoms in total. The second-order valence-corrected chi connectivity index (χ2v) is 7.15. The standard InChI is InChI=1S/C22H23N3O5/c1-22(16-4-3-5-19(12-16)29-2)20(27)25(21(28)24-22)13-17(26)14-30-18-8-6-15(7-9-18)10-11-23/h3-9,12,17,26H,10,13-14H2,1-2H3,(H,24,28). The molecule has 0 radical (unpaired) electrons. The molecule has 0 spiro atoms. The largest absolute Gasteiger partial charge is 0.497 e. The summed E-state index contributed by atoms with van der Waals surface area (Å²) >= 11 is 0. The fourth-order valence-corrected chi connectivity index (χ4v) is 3.24. The van der Waals surface area contributed by atoms with Gasteiger partial charge in [-0.15, -0.1) is 0 Å². The van der Waals surface area contributed by atoms with Crippen molar-refractivity contribution in [3.05, 3.63) is 59.7 Å². The van der Waals surface area contributed by atoms with Crippen LogP contribution in [0.3, 0.4) is 0 Å². The molecular formula is C22H23N3O5. The van der Waals surface area contributed by atoms with Gasteiger partial charge in [0.2, 0.25) is 0 Å². The average molecular weight is 409 g/mol. The van der Waals surface area contributed by atoms with Gasteiger partial charge in [0.05, 0.1) is 26.1 Å². The Bertz CT molecular complexity index is 969. The maximum Gasteiger partial charge on any atom is 0.325 e. The second kappa shape index (κ2) is 8.84. The summed E-state index contributed by atoms with van der Waals surface area (Å²) in [5.41, 5.74) is 0.204. The molecule has 2 aromatic carbocycles. The number of hydrogen-bond acceptors (Lipinski definition) is 6. The lowest BCUT2D eigenvalue weighted by Crippen LogP contribution is -2.42. The number of aliphatic hydroxyl groups is 1. The van der Waals surface area contributed by atoms with E-state index in [4.69, 9.17) is 14.7 Å². The number of benzene rings is 2. The lowest BCUT2D eigenvalue weighted by molar-refractivity contribution is -0.132. The van der Waals surface area contributed by atoms with Crippen LogP contribution in [0.2, 0.25) is 0 Å².